The van der Waals surface area contributed by atoms with Gasteiger partial charge in [-0.25, -0.2) is 0 Å². The summed E-state index contributed by atoms with van der Waals surface area (Å²) >= 11 is 0. The molecule has 0 saturated heterocycles. The third kappa shape index (κ3) is 5.04. The molecule has 18 heavy (non-hydrogen) atoms. The first kappa shape index (κ1) is 15.0. The summed E-state index contributed by atoms with van der Waals surface area (Å²) < 4.78 is 0. The van der Waals surface area contributed by atoms with Crippen molar-refractivity contribution in [2.45, 2.75) is 45.6 Å². The van der Waals surface area contributed by atoms with Gasteiger partial charge in [-0.2, -0.15) is 0 Å². The summed E-state index contributed by atoms with van der Waals surface area (Å²) in [6.45, 7) is 4.46. The first-order chi connectivity index (χ1) is 8.52. The van der Waals surface area contributed by atoms with Crippen LogP contribution in [0.15, 0.2) is 0 Å². The Morgan fingerprint density at radius 1 is 1.17 bits per heavy atom. The van der Waals surface area contributed by atoms with Gasteiger partial charge in [-0.15, -0.1) is 0 Å². The minimum absolute atomic E-state index is 0.0279. The van der Waals surface area contributed by atoms with Gasteiger partial charge in [0.2, 0.25) is 11.8 Å². The monoisotopic (exact) mass is 255 g/mol. The first-order valence-corrected chi connectivity index (χ1v) is 6.79. The molecule has 0 spiro atoms. The van der Waals surface area contributed by atoms with Gasteiger partial charge in [0.05, 0.1) is 13.1 Å². The largest absolute Gasteiger partial charge is 0.352 e. The Balaban J connectivity index is 2.20. The second kappa shape index (κ2) is 7.36. The lowest BCUT2D eigenvalue weighted by Crippen LogP contribution is -2.44. The van der Waals surface area contributed by atoms with E-state index in [0.29, 0.717) is 0 Å². The van der Waals surface area contributed by atoms with E-state index in [9.17, 15) is 9.59 Å². The molecule has 5 heteroatoms. The molecule has 1 aliphatic rings. The van der Waals surface area contributed by atoms with Crippen molar-refractivity contribution in [2.75, 3.05) is 13.1 Å². The van der Waals surface area contributed by atoms with Crippen molar-refractivity contribution >= 4 is 11.8 Å². The average molecular weight is 255 g/mol. The van der Waals surface area contributed by atoms with Crippen molar-refractivity contribution in [3.05, 3.63) is 0 Å². The van der Waals surface area contributed by atoms with Crippen molar-refractivity contribution in [1.82, 2.24) is 10.6 Å². The van der Waals surface area contributed by atoms with Gasteiger partial charge in [0.1, 0.15) is 0 Å². The second-order valence-electron chi connectivity index (χ2n) is 5.40. The van der Waals surface area contributed by atoms with Crippen LogP contribution in [0.3, 0.4) is 0 Å². The molecule has 1 fully saturated rings. The van der Waals surface area contributed by atoms with E-state index in [2.05, 4.69) is 24.5 Å². The number of carbonyl (C=O) groups is 2. The van der Waals surface area contributed by atoms with E-state index in [0.717, 1.165) is 24.7 Å². The van der Waals surface area contributed by atoms with Gasteiger partial charge in [0.25, 0.3) is 0 Å². The van der Waals surface area contributed by atoms with Gasteiger partial charge in [-0.1, -0.05) is 13.8 Å². The Kier molecular flexibility index (Phi) is 6.12. The number of amides is 2. The van der Waals surface area contributed by atoms with Crippen LogP contribution in [0.4, 0.5) is 0 Å². The quantitative estimate of drug-likeness (QED) is 0.664. The summed E-state index contributed by atoms with van der Waals surface area (Å²) in [5.41, 5.74) is 5.14. The molecule has 0 aromatic heterocycles. The highest BCUT2D eigenvalue weighted by molar-refractivity contribution is 5.85. The number of rotatable bonds is 5. The topological polar surface area (TPSA) is 84.2 Å². The maximum Gasteiger partial charge on any atom is 0.239 e. The molecule has 0 aromatic rings. The molecule has 2 amide bonds. The lowest BCUT2D eigenvalue weighted by atomic mass is 9.80. The minimum atomic E-state index is -0.298. The molecule has 0 aromatic carbocycles. The Hall–Kier alpha value is -1.10. The molecule has 1 aliphatic carbocycles. The molecule has 0 unspecified atom stereocenters. The fourth-order valence-corrected chi connectivity index (χ4v) is 2.46. The highest BCUT2D eigenvalue weighted by Crippen LogP contribution is 2.29. The van der Waals surface area contributed by atoms with Crippen LogP contribution in [-0.2, 0) is 9.59 Å². The first-order valence-electron chi connectivity index (χ1n) is 6.79. The third-order valence-corrected chi connectivity index (χ3v) is 3.71. The molecule has 1 saturated carbocycles. The lowest BCUT2D eigenvalue weighted by Gasteiger charge is -2.31. The van der Waals surface area contributed by atoms with E-state index in [1.807, 2.05) is 0 Å². The van der Waals surface area contributed by atoms with E-state index in [1.165, 1.54) is 12.8 Å². The third-order valence-electron chi connectivity index (χ3n) is 3.71. The number of nitrogens with two attached hydrogens (primary N) is 1. The summed E-state index contributed by atoms with van der Waals surface area (Å²) in [6, 6.07) is 0.266. The average Bonchev–Trinajstić information content (AvgIpc) is 2.36. The van der Waals surface area contributed by atoms with E-state index < -0.39 is 0 Å². The maximum atomic E-state index is 11.6. The zero-order valence-electron chi connectivity index (χ0n) is 11.4. The standard InChI is InChI=1S/C13H25N3O2/c1-9(2)10-3-5-11(6-4-10)16-13(18)8-15-12(17)7-14/h9-11H,3-8,14H2,1-2H3,(H,15,17)(H,16,18). The highest BCUT2D eigenvalue weighted by atomic mass is 16.2. The van der Waals surface area contributed by atoms with Crippen molar-refractivity contribution in [2.24, 2.45) is 17.6 Å². The van der Waals surface area contributed by atoms with Crippen molar-refractivity contribution in [3.8, 4) is 0 Å². The van der Waals surface area contributed by atoms with Crippen LogP contribution in [-0.4, -0.2) is 30.9 Å². The minimum Gasteiger partial charge on any atom is -0.352 e. The number of hydrogen-bond acceptors (Lipinski definition) is 3. The summed E-state index contributed by atoms with van der Waals surface area (Å²) in [5, 5.41) is 5.44. The van der Waals surface area contributed by atoms with Gasteiger partial charge in [-0.3, -0.25) is 9.59 Å². The Bertz CT molecular complexity index is 284. The van der Waals surface area contributed by atoms with Crippen LogP contribution in [0.2, 0.25) is 0 Å². The predicted molar refractivity (Wildman–Crippen MR) is 70.8 cm³/mol. The van der Waals surface area contributed by atoms with Crippen LogP contribution >= 0.6 is 0 Å². The van der Waals surface area contributed by atoms with E-state index >= 15 is 0 Å². The van der Waals surface area contributed by atoms with Gasteiger partial charge in [0.15, 0.2) is 0 Å². The van der Waals surface area contributed by atoms with Crippen LogP contribution in [0.5, 0.6) is 0 Å². The zero-order valence-corrected chi connectivity index (χ0v) is 11.4. The Labute approximate surface area is 109 Å². The van der Waals surface area contributed by atoms with Crippen molar-refractivity contribution in [1.29, 1.82) is 0 Å². The second-order valence-corrected chi connectivity index (χ2v) is 5.40. The summed E-state index contributed by atoms with van der Waals surface area (Å²) in [5.74, 6) is 1.10. The molecule has 5 nitrogen and oxygen atoms in total. The van der Waals surface area contributed by atoms with Gasteiger partial charge in [0, 0.05) is 6.04 Å². The lowest BCUT2D eigenvalue weighted by molar-refractivity contribution is -0.125. The van der Waals surface area contributed by atoms with Crippen LogP contribution in [0.25, 0.3) is 0 Å². The molecular formula is C13H25N3O2. The molecule has 4 N–H and O–H groups in total. The molecular weight excluding hydrogens is 230 g/mol. The van der Waals surface area contributed by atoms with Crippen molar-refractivity contribution in [3.63, 3.8) is 0 Å². The van der Waals surface area contributed by atoms with E-state index in [1.54, 1.807) is 0 Å². The van der Waals surface area contributed by atoms with Crippen molar-refractivity contribution < 1.29 is 9.59 Å². The maximum absolute atomic E-state index is 11.6. The van der Waals surface area contributed by atoms with Crippen LogP contribution in [0.1, 0.15) is 39.5 Å². The molecule has 0 radical (unpaired) electrons. The fraction of sp³-hybridized carbons (Fsp3) is 0.846. The number of hydrogen-bond donors (Lipinski definition) is 3. The zero-order chi connectivity index (χ0) is 13.5. The molecule has 104 valence electrons. The van der Waals surface area contributed by atoms with Gasteiger partial charge < -0.3 is 16.4 Å². The molecule has 0 aliphatic heterocycles. The predicted octanol–water partition coefficient (Wildman–Crippen LogP) is 0.392. The van der Waals surface area contributed by atoms with Crippen LogP contribution < -0.4 is 16.4 Å². The molecule has 0 bridgehead atoms. The fourth-order valence-electron chi connectivity index (χ4n) is 2.46. The van der Waals surface area contributed by atoms with Gasteiger partial charge in [-0.05, 0) is 37.5 Å². The Morgan fingerprint density at radius 3 is 2.28 bits per heavy atom. The summed E-state index contributed by atoms with van der Waals surface area (Å²) in [6.07, 6.45) is 4.44. The van der Waals surface area contributed by atoms with Gasteiger partial charge >= 0.3 is 0 Å². The molecule has 0 atom stereocenters. The SMILES string of the molecule is CC(C)C1CCC(NC(=O)CNC(=O)CN)CC1. The van der Waals surface area contributed by atoms with Crippen LogP contribution in [0, 0.1) is 11.8 Å². The highest BCUT2D eigenvalue weighted by Gasteiger charge is 2.24. The summed E-state index contributed by atoms with van der Waals surface area (Å²) in [4.78, 5) is 22.5. The number of nitrogens with one attached hydrogen (secondary N) is 2. The Morgan fingerprint density at radius 2 is 1.78 bits per heavy atom. The summed E-state index contributed by atoms with van der Waals surface area (Å²) in [7, 11) is 0. The van der Waals surface area contributed by atoms with E-state index in [4.69, 9.17) is 5.73 Å². The smallest absolute Gasteiger partial charge is 0.239 e. The molecule has 0 heterocycles. The van der Waals surface area contributed by atoms with E-state index in [-0.39, 0.29) is 30.9 Å². The molecule has 1 rings (SSSR count). The number of carbonyl (C=O) groups excluding carboxylic acids is 2. The normalized spacial score (nSPS) is 23.8.